The van der Waals surface area contributed by atoms with Crippen molar-refractivity contribution < 1.29 is 0 Å². The van der Waals surface area contributed by atoms with Gasteiger partial charge >= 0.3 is 129 Å². The first-order chi connectivity index (χ1) is 10.9. The molecule has 0 bridgehead atoms. The van der Waals surface area contributed by atoms with Crippen molar-refractivity contribution >= 4 is 56.5 Å². The second-order valence-corrected chi connectivity index (χ2v) is 5.95. The van der Waals surface area contributed by atoms with Gasteiger partial charge in [-0.3, -0.25) is 0 Å². The van der Waals surface area contributed by atoms with Crippen LogP contribution in [-0.4, -0.2) is 13.8 Å². The Balaban J connectivity index is 1.93. The summed E-state index contributed by atoms with van der Waals surface area (Å²) in [6, 6.07) is 26.3. The molecule has 5 aromatic rings. The van der Waals surface area contributed by atoms with Crippen LogP contribution in [0.25, 0.3) is 42.7 Å². The van der Waals surface area contributed by atoms with Crippen molar-refractivity contribution in [3.63, 3.8) is 0 Å². The van der Waals surface area contributed by atoms with Gasteiger partial charge in [0.25, 0.3) is 0 Å². The van der Waals surface area contributed by atoms with Crippen LogP contribution in [0.1, 0.15) is 0 Å². The monoisotopic (exact) mass is 274 g/mol. The molecule has 0 aliphatic rings. The van der Waals surface area contributed by atoms with E-state index < -0.39 is 0 Å². The van der Waals surface area contributed by atoms with Gasteiger partial charge in [-0.25, -0.2) is 0 Å². The van der Waals surface area contributed by atoms with Crippen LogP contribution in [0.2, 0.25) is 0 Å². The predicted octanol–water partition coefficient (Wildman–Crippen LogP) is 4.98. The topological polar surface area (TPSA) is 0 Å². The number of benzene rings is 3. The summed E-state index contributed by atoms with van der Waals surface area (Å²) in [4.78, 5) is 0. The first kappa shape index (κ1) is 12.1. The first-order valence-corrected chi connectivity index (χ1v) is 7.62. The van der Waals surface area contributed by atoms with Gasteiger partial charge in [0.2, 0.25) is 0 Å². The van der Waals surface area contributed by atoms with E-state index in [1.807, 2.05) is 0 Å². The molecule has 0 radical (unpaired) electrons. The number of hydrogen-bond acceptors (Lipinski definition) is 0. The first-order valence-electron chi connectivity index (χ1n) is 7.62. The summed E-state index contributed by atoms with van der Waals surface area (Å²) < 4.78 is 0. The van der Waals surface area contributed by atoms with E-state index in [1.54, 1.807) is 0 Å². The van der Waals surface area contributed by atoms with Crippen molar-refractivity contribution in [2.24, 2.45) is 0 Å². The van der Waals surface area contributed by atoms with Gasteiger partial charge in [0.1, 0.15) is 0 Å². The van der Waals surface area contributed by atoms with Crippen molar-refractivity contribution in [3.05, 3.63) is 72.8 Å². The molecule has 0 unspecified atom stereocenters. The fourth-order valence-corrected chi connectivity index (χ4v) is 3.39. The van der Waals surface area contributed by atoms with Gasteiger partial charge < -0.3 is 0 Å². The molecule has 0 saturated carbocycles. The molecule has 2 aromatic heterocycles. The predicted molar refractivity (Wildman–Crippen MR) is 99.2 cm³/mol. The molecule has 22 heavy (non-hydrogen) atoms. The summed E-state index contributed by atoms with van der Waals surface area (Å²) in [6.45, 7) is 4.58. The van der Waals surface area contributed by atoms with E-state index in [-0.39, 0.29) is 0 Å². The SMILES string of the molecule is b1c2ccccc2cc2cc3cc4ccccc4bc3cc12. The third-order valence-corrected chi connectivity index (χ3v) is 4.52. The van der Waals surface area contributed by atoms with Crippen LogP contribution in [0.15, 0.2) is 72.8 Å². The Labute approximate surface area is 129 Å². The average Bonchev–Trinajstić information content (AvgIpc) is 2.56. The summed E-state index contributed by atoms with van der Waals surface area (Å²) in [5, 5.41) is 10.4. The van der Waals surface area contributed by atoms with Crippen LogP contribution in [0.5, 0.6) is 0 Å². The van der Waals surface area contributed by atoms with E-state index in [2.05, 4.69) is 86.6 Å². The molecular formula is C20H12B2. The van der Waals surface area contributed by atoms with Gasteiger partial charge in [-0.2, -0.15) is 0 Å². The van der Waals surface area contributed by atoms with Crippen LogP contribution in [0.4, 0.5) is 0 Å². The van der Waals surface area contributed by atoms with Crippen LogP contribution >= 0.6 is 0 Å². The second-order valence-electron chi connectivity index (χ2n) is 5.95. The van der Waals surface area contributed by atoms with Gasteiger partial charge in [0, 0.05) is 0 Å². The van der Waals surface area contributed by atoms with Gasteiger partial charge in [-0.15, -0.1) is 0 Å². The second kappa shape index (κ2) is 4.51. The molecule has 0 aliphatic heterocycles. The van der Waals surface area contributed by atoms with Gasteiger partial charge in [0.15, 0.2) is 0 Å². The molecular weight excluding hydrogens is 262 g/mol. The molecule has 98 valence electrons. The molecule has 0 amide bonds. The molecule has 0 spiro atoms. The Morgan fingerprint density at radius 1 is 0.409 bits per heavy atom. The summed E-state index contributed by atoms with van der Waals surface area (Å²) in [5.41, 5.74) is 0. The Morgan fingerprint density at radius 2 is 0.864 bits per heavy atom. The zero-order valence-corrected chi connectivity index (χ0v) is 12.1. The van der Waals surface area contributed by atoms with E-state index in [0.717, 1.165) is 0 Å². The molecule has 0 saturated heterocycles. The molecule has 2 heteroatoms. The van der Waals surface area contributed by atoms with Crippen LogP contribution < -0.4 is 0 Å². The Morgan fingerprint density at radius 3 is 1.41 bits per heavy atom. The summed E-state index contributed by atoms with van der Waals surface area (Å²) in [7, 11) is 0. The van der Waals surface area contributed by atoms with E-state index in [4.69, 9.17) is 0 Å². The van der Waals surface area contributed by atoms with Crippen molar-refractivity contribution in [1.29, 1.82) is 0 Å². The Kier molecular flexibility index (Phi) is 2.48. The molecule has 2 heterocycles. The van der Waals surface area contributed by atoms with E-state index in [9.17, 15) is 0 Å². The van der Waals surface area contributed by atoms with E-state index >= 15 is 0 Å². The average molecular weight is 274 g/mol. The quantitative estimate of drug-likeness (QED) is 0.349. The zero-order valence-electron chi connectivity index (χ0n) is 12.1. The van der Waals surface area contributed by atoms with Crippen LogP contribution in [0.3, 0.4) is 0 Å². The minimum atomic E-state index is 1.30. The van der Waals surface area contributed by atoms with Gasteiger partial charge in [-0.1, -0.05) is 0 Å². The molecule has 3 aromatic carbocycles. The molecule has 0 fully saturated rings. The number of fused-ring (bicyclic) bond motifs is 4. The fourth-order valence-electron chi connectivity index (χ4n) is 3.39. The van der Waals surface area contributed by atoms with E-state index in [0.29, 0.717) is 0 Å². The number of rotatable bonds is 0. The molecule has 0 nitrogen and oxygen atoms in total. The Bertz CT molecular complexity index is 992. The maximum absolute atomic E-state index is 2.31. The number of hydrogen-bond donors (Lipinski definition) is 0. The minimum absolute atomic E-state index is 1.30. The normalized spacial score (nSPS) is 11.3. The Hall–Kier alpha value is -2.47. The summed E-state index contributed by atoms with van der Waals surface area (Å²) >= 11 is 0. The molecule has 0 N–H and O–H groups in total. The standard InChI is InChI=1S/C20H12B2/c1-3-7-17-13(5-1)9-15-11-16-10-14-6-2-4-8-18(14)22-20(16)12-19(15)21-17/h1-12H. The van der Waals surface area contributed by atoms with Crippen molar-refractivity contribution in [2.45, 2.75) is 0 Å². The van der Waals surface area contributed by atoms with Gasteiger partial charge in [-0.05, 0) is 0 Å². The van der Waals surface area contributed by atoms with Crippen molar-refractivity contribution in [2.75, 3.05) is 0 Å². The molecule has 0 aliphatic carbocycles. The van der Waals surface area contributed by atoms with E-state index in [1.165, 1.54) is 42.7 Å². The fraction of sp³-hybridized carbons (Fsp3) is 0. The van der Waals surface area contributed by atoms with Crippen LogP contribution in [-0.2, 0) is 0 Å². The van der Waals surface area contributed by atoms with Gasteiger partial charge in [0.05, 0.1) is 0 Å². The third kappa shape index (κ3) is 1.80. The summed E-state index contributed by atoms with van der Waals surface area (Å²) in [6.07, 6.45) is 0. The molecule has 0 atom stereocenters. The zero-order chi connectivity index (χ0) is 14.5. The van der Waals surface area contributed by atoms with Crippen LogP contribution in [0, 0.1) is 0 Å². The third-order valence-electron chi connectivity index (χ3n) is 4.52. The molecule has 5 rings (SSSR count). The van der Waals surface area contributed by atoms with Crippen molar-refractivity contribution in [1.82, 2.24) is 0 Å². The van der Waals surface area contributed by atoms with Crippen molar-refractivity contribution in [3.8, 4) is 0 Å². The maximum atomic E-state index is 2.31. The summed E-state index contributed by atoms with van der Waals surface area (Å²) in [5.74, 6) is 0.